The second-order valence-electron chi connectivity index (χ2n) is 6.61. The standard InChI is InChI=1S/C18H24N4O5/c1-21(11-16(24)22-8-6-13(7-9-22)17(25)26)15(23)10-12-2-4-14(5-3-12)20-18(19)27/h2-5,13H,6-11H2,1H3,(H,25,26)(H3,19,20,27). The van der Waals surface area contributed by atoms with Crippen LogP contribution in [0.4, 0.5) is 10.5 Å². The normalized spacial score (nSPS) is 14.5. The van der Waals surface area contributed by atoms with Crippen LogP contribution >= 0.6 is 0 Å². The smallest absolute Gasteiger partial charge is 0.316 e. The summed E-state index contributed by atoms with van der Waals surface area (Å²) < 4.78 is 0. The molecule has 0 aliphatic carbocycles. The molecule has 0 radical (unpaired) electrons. The fourth-order valence-electron chi connectivity index (χ4n) is 2.92. The molecule has 0 saturated carbocycles. The van der Waals surface area contributed by atoms with Gasteiger partial charge in [0.2, 0.25) is 11.8 Å². The number of likely N-dealkylation sites (N-methyl/N-ethyl adjacent to an activating group) is 1. The largest absolute Gasteiger partial charge is 0.481 e. The zero-order valence-electron chi connectivity index (χ0n) is 15.2. The molecular weight excluding hydrogens is 352 g/mol. The molecule has 1 aliphatic rings. The Hall–Kier alpha value is -3.10. The van der Waals surface area contributed by atoms with Gasteiger partial charge in [-0.15, -0.1) is 0 Å². The monoisotopic (exact) mass is 376 g/mol. The van der Waals surface area contributed by atoms with E-state index in [1.54, 1.807) is 36.2 Å². The number of likely N-dealkylation sites (tertiary alicyclic amines) is 1. The van der Waals surface area contributed by atoms with Gasteiger partial charge in [-0.2, -0.15) is 0 Å². The van der Waals surface area contributed by atoms with Gasteiger partial charge in [0, 0.05) is 25.8 Å². The van der Waals surface area contributed by atoms with Gasteiger partial charge in [-0.3, -0.25) is 14.4 Å². The van der Waals surface area contributed by atoms with E-state index in [-0.39, 0.29) is 24.8 Å². The number of nitrogens with one attached hydrogen (secondary N) is 1. The number of urea groups is 1. The van der Waals surface area contributed by atoms with Crippen molar-refractivity contribution in [3.63, 3.8) is 0 Å². The van der Waals surface area contributed by atoms with Crippen molar-refractivity contribution in [2.45, 2.75) is 19.3 Å². The molecule has 2 rings (SSSR count). The molecule has 1 saturated heterocycles. The van der Waals surface area contributed by atoms with Gasteiger partial charge in [0.1, 0.15) is 0 Å². The molecule has 0 unspecified atom stereocenters. The Balaban J connectivity index is 1.82. The molecule has 1 fully saturated rings. The molecule has 27 heavy (non-hydrogen) atoms. The zero-order valence-corrected chi connectivity index (χ0v) is 15.2. The third-order valence-electron chi connectivity index (χ3n) is 4.57. The van der Waals surface area contributed by atoms with Crippen molar-refractivity contribution >= 4 is 29.5 Å². The minimum absolute atomic E-state index is 0.0438. The molecule has 0 spiro atoms. The maximum Gasteiger partial charge on any atom is 0.316 e. The minimum Gasteiger partial charge on any atom is -0.481 e. The van der Waals surface area contributed by atoms with E-state index in [0.717, 1.165) is 5.56 Å². The highest BCUT2D eigenvalue weighted by atomic mass is 16.4. The van der Waals surface area contributed by atoms with Crippen molar-refractivity contribution in [1.82, 2.24) is 9.80 Å². The Bertz CT molecular complexity index is 711. The molecule has 1 aromatic carbocycles. The van der Waals surface area contributed by atoms with Crippen molar-refractivity contribution in [2.75, 3.05) is 32.0 Å². The average Bonchev–Trinajstić information content (AvgIpc) is 2.62. The highest BCUT2D eigenvalue weighted by Crippen LogP contribution is 2.17. The van der Waals surface area contributed by atoms with Crippen LogP contribution in [0.15, 0.2) is 24.3 Å². The number of carboxylic acids is 1. The van der Waals surface area contributed by atoms with Crippen molar-refractivity contribution in [3.8, 4) is 0 Å². The number of nitrogens with two attached hydrogens (primary N) is 1. The fraction of sp³-hybridized carbons (Fsp3) is 0.444. The van der Waals surface area contributed by atoms with Crippen LogP contribution in [0.25, 0.3) is 0 Å². The number of carboxylic acid groups (broad SMARTS) is 1. The number of hydrogen-bond acceptors (Lipinski definition) is 4. The Labute approximate surface area is 157 Å². The lowest BCUT2D eigenvalue weighted by atomic mass is 9.97. The molecule has 0 aromatic heterocycles. The molecule has 9 nitrogen and oxygen atoms in total. The van der Waals surface area contributed by atoms with E-state index < -0.39 is 17.9 Å². The van der Waals surface area contributed by atoms with Gasteiger partial charge in [-0.05, 0) is 30.5 Å². The molecule has 9 heteroatoms. The molecule has 1 aromatic rings. The Kier molecular flexibility index (Phi) is 6.75. The molecule has 4 N–H and O–H groups in total. The molecule has 1 heterocycles. The first-order valence-electron chi connectivity index (χ1n) is 8.66. The van der Waals surface area contributed by atoms with Crippen LogP contribution in [0.1, 0.15) is 18.4 Å². The van der Waals surface area contributed by atoms with Crippen molar-refractivity contribution in [3.05, 3.63) is 29.8 Å². The van der Waals surface area contributed by atoms with Crippen LogP contribution in [0.5, 0.6) is 0 Å². The third-order valence-corrected chi connectivity index (χ3v) is 4.57. The number of anilines is 1. The number of amides is 4. The van der Waals surface area contributed by atoms with Crippen molar-refractivity contribution in [2.24, 2.45) is 11.7 Å². The van der Waals surface area contributed by atoms with Crippen molar-refractivity contribution in [1.29, 1.82) is 0 Å². The second-order valence-corrected chi connectivity index (χ2v) is 6.61. The molecule has 1 aliphatic heterocycles. The van der Waals surface area contributed by atoms with Crippen LogP contribution in [0.3, 0.4) is 0 Å². The van der Waals surface area contributed by atoms with Crippen LogP contribution < -0.4 is 11.1 Å². The number of nitrogens with zero attached hydrogens (tertiary/aromatic N) is 2. The van der Waals surface area contributed by atoms with Gasteiger partial charge in [-0.1, -0.05) is 12.1 Å². The number of primary amides is 1. The summed E-state index contributed by atoms with van der Waals surface area (Å²) in [4.78, 5) is 49.4. The Morgan fingerprint density at radius 1 is 1.19 bits per heavy atom. The van der Waals surface area contributed by atoms with Crippen LogP contribution in [0, 0.1) is 5.92 Å². The number of piperidine rings is 1. The second kappa shape index (κ2) is 9.02. The van der Waals surface area contributed by atoms with E-state index in [9.17, 15) is 19.2 Å². The molecule has 146 valence electrons. The average molecular weight is 376 g/mol. The third kappa shape index (κ3) is 5.98. The number of carbonyl (C=O) groups excluding carboxylic acids is 3. The lowest BCUT2D eigenvalue weighted by Gasteiger charge is -2.31. The maximum absolute atomic E-state index is 12.3. The summed E-state index contributed by atoms with van der Waals surface area (Å²) in [5.74, 6) is -1.62. The summed E-state index contributed by atoms with van der Waals surface area (Å²) in [6.45, 7) is 0.746. The Morgan fingerprint density at radius 3 is 2.30 bits per heavy atom. The van der Waals surface area contributed by atoms with Crippen LogP contribution in [0.2, 0.25) is 0 Å². The number of rotatable bonds is 6. The summed E-state index contributed by atoms with van der Waals surface area (Å²) in [6.07, 6.45) is 0.997. The predicted molar refractivity (Wildman–Crippen MR) is 97.9 cm³/mol. The summed E-state index contributed by atoms with van der Waals surface area (Å²) in [5, 5.41) is 11.4. The fourth-order valence-corrected chi connectivity index (χ4v) is 2.92. The van der Waals surface area contributed by atoms with Crippen LogP contribution in [-0.2, 0) is 20.8 Å². The number of benzene rings is 1. The SMILES string of the molecule is CN(CC(=O)N1CCC(C(=O)O)CC1)C(=O)Cc1ccc(NC(N)=O)cc1. The van der Waals surface area contributed by atoms with Gasteiger partial charge < -0.3 is 26.0 Å². The first-order chi connectivity index (χ1) is 12.8. The highest BCUT2D eigenvalue weighted by molar-refractivity contribution is 5.88. The zero-order chi connectivity index (χ0) is 20.0. The lowest BCUT2D eigenvalue weighted by molar-refractivity contribution is -0.146. The van der Waals surface area contributed by atoms with E-state index in [1.165, 1.54) is 4.90 Å². The number of carbonyl (C=O) groups is 4. The summed E-state index contributed by atoms with van der Waals surface area (Å²) in [5.41, 5.74) is 6.32. The maximum atomic E-state index is 12.3. The molecular formula is C18H24N4O5. The van der Waals surface area contributed by atoms with Gasteiger partial charge in [0.15, 0.2) is 0 Å². The summed E-state index contributed by atoms with van der Waals surface area (Å²) in [6, 6.07) is 6.03. The number of aliphatic carboxylic acids is 1. The van der Waals surface area contributed by atoms with Gasteiger partial charge in [0.05, 0.1) is 18.9 Å². The first kappa shape index (κ1) is 20.2. The first-order valence-corrected chi connectivity index (χ1v) is 8.66. The van der Waals surface area contributed by atoms with Gasteiger partial charge in [-0.25, -0.2) is 4.79 Å². The van der Waals surface area contributed by atoms with Crippen LogP contribution in [-0.4, -0.2) is 65.4 Å². The summed E-state index contributed by atoms with van der Waals surface area (Å²) in [7, 11) is 1.56. The highest BCUT2D eigenvalue weighted by Gasteiger charge is 2.27. The quantitative estimate of drug-likeness (QED) is 0.665. The number of hydrogen-bond donors (Lipinski definition) is 3. The minimum atomic E-state index is -0.827. The van der Waals surface area contributed by atoms with E-state index in [4.69, 9.17) is 10.8 Å². The molecule has 0 atom stereocenters. The van der Waals surface area contributed by atoms with Gasteiger partial charge in [0.25, 0.3) is 0 Å². The van der Waals surface area contributed by atoms with E-state index in [0.29, 0.717) is 31.6 Å². The molecule has 4 amide bonds. The Morgan fingerprint density at radius 2 is 1.78 bits per heavy atom. The lowest BCUT2D eigenvalue weighted by Crippen LogP contribution is -2.45. The van der Waals surface area contributed by atoms with Crippen molar-refractivity contribution < 1.29 is 24.3 Å². The topological polar surface area (TPSA) is 133 Å². The van der Waals surface area contributed by atoms with E-state index in [1.807, 2.05) is 0 Å². The predicted octanol–water partition coefficient (Wildman–Crippen LogP) is 0.501. The van der Waals surface area contributed by atoms with Gasteiger partial charge >= 0.3 is 12.0 Å². The van der Waals surface area contributed by atoms with E-state index >= 15 is 0 Å². The molecule has 0 bridgehead atoms. The summed E-state index contributed by atoms with van der Waals surface area (Å²) >= 11 is 0. The van der Waals surface area contributed by atoms with E-state index in [2.05, 4.69) is 5.32 Å².